The van der Waals surface area contributed by atoms with Gasteiger partial charge in [-0.15, -0.1) is 0 Å². The van der Waals surface area contributed by atoms with Crippen LogP contribution < -0.4 is 5.32 Å². The summed E-state index contributed by atoms with van der Waals surface area (Å²) < 4.78 is 0. The molecule has 94 valence electrons. The average Bonchev–Trinajstić information content (AvgIpc) is 2.28. The molecule has 0 amide bonds. The fourth-order valence-corrected chi connectivity index (χ4v) is 2.53. The Morgan fingerprint density at radius 3 is 3.00 bits per heavy atom. The van der Waals surface area contributed by atoms with Gasteiger partial charge in [0.15, 0.2) is 0 Å². The maximum Gasteiger partial charge on any atom is 0.0575 e. The van der Waals surface area contributed by atoms with Crippen molar-refractivity contribution in [3.05, 3.63) is 29.6 Å². The monoisotopic (exact) mass is 233 g/mol. The van der Waals surface area contributed by atoms with E-state index in [1.807, 2.05) is 12.3 Å². The fourth-order valence-electron chi connectivity index (χ4n) is 2.53. The molecule has 0 atom stereocenters. The topological polar surface area (TPSA) is 28.2 Å². The predicted octanol–water partition coefficient (Wildman–Crippen LogP) is 1.83. The molecule has 0 aliphatic carbocycles. The third-order valence-electron chi connectivity index (χ3n) is 3.39. The van der Waals surface area contributed by atoms with Gasteiger partial charge >= 0.3 is 0 Å². The van der Waals surface area contributed by atoms with E-state index >= 15 is 0 Å². The standard InChI is InChI=1S/C14H23N3/c1-4-12-6-5-7-15-13(12)10-17-9-8-16-14(2,3)11-17/h5-7,16H,4,8-11H2,1-3H3. The molecule has 2 heterocycles. The summed E-state index contributed by atoms with van der Waals surface area (Å²) in [6.07, 6.45) is 2.97. The van der Waals surface area contributed by atoms with Gasteiger partial charge in [-0.1, -0.05) is 13.0 Å². The van der Waals surface area contributed by atoms with Crippen molar-refractivity contribution < 1.29 is 0 Å². The highest BCUT2D eigenvalue weighted by Gasteiger charge is 2.25. The van der Waals surface area contributed by atoms with Crippen LogP contribution in [0.5, 0.6) is 0 Å². The summed E-state index contributed by atoms with van der Waals surface area (Å²) in [6, 6.07) is 4.22. The number of aromatic nitrogens is 1. The van der Waals surface area contributed by atoms with Crippen LogP contribution in [0.15, 0.2) is 18.3 Å². The number of piperazine rings is 1. The van der Waals surface area contributed by atoms with Gasteiger partial charge in [0, 0.05) is 37.9 Å². The molecule has 1 aromatic rings. The molecule has 17 heavy (non-hydrogen) atoms. The molecule has 1 N–H and O–H groups in total. The van der Waals surface area contributed by atoms with Crippen LogP contribution in [-0.2, 0) is 13.0 Å². The minimum absolute atomic E-state index is 0.222. The molecule has 0 spiro atoms. The molecule has 2 rings (SSSR count). The summed E-state index contributed by atoms with van der Waals surface area (Å²) >= 11 is 0. The molecule has 1 aromatic heterocycles. The summed E-state index contributed by atoms with van der Waals surface area (Å²) in [5, 5.41) is 3.54. The number of nitrogens with zero attached hydrogens (tertiary/aromatic N) is 2. The Labute approximate surface area is 104 Å². The van der Waals surface area contributed by atoms with Crippen LogP contribution in [0.3, 0.4) is 0 Å². The second kappa shape index (κ2) is 5.15. The van der Waals surface area contributed by atoms with Gasteiger partial charge in [-0.2, -0.15) is 0 Å². The average molecular weight is 233 g/mol. The van der Waals surface area contributed by atoms with Crippen LogP contribution in [0.2, 0.25) is 0 Å². The molecule has 3 heteroatoms. The third-order valence-corrected chi connectivity index (χ3v) is 3.39. The highest BCUT2D eigenvalue weighted by molar-refractivity contribution is 5.19. The highest BCUT2D eigenvalue weighted by atomic mass is 15.2. The Morgan fingerprint density at radius 2 is 2.29 bits per heavy atom. The highest BCUT2D eigenvalue weighted by Crippen LogP contribution is 2.15. The van der Waals surface area contributed by atoms with Gasteiger partial charge in [0.2, 0.25) is 0 Å². The molecule has 0 unspecified atom stereocenters. The Morgan fingerprint density at radius 1 is 1.47 bits per heavy atom. The van der Waals surface area contributed by atoms with Crippen molar-refractivity contribution in [1.29, 1.82) is 0 Å². The first-order valence-corrected chi connectivity index (χ1v) is 6.51. The Balaban J connectivity index is 2.05. The van der Waals surface area contributed by atoms with Crippen LogP contribution in [-0.4, -0.2) is 35.1 Å². The zero-order chi connectivity index (χ0) is 12.3. The molecule has 0 bridgehead atoms. The minimum Gasteiger partial charge on any atom is -0.309 e. The van der Waals surface area contributed by atoms with Crippen molar-refractivity contribution >= 4 is 0 Å². The van der Waals surface area contributed by atoms with E-state index in [0.29, 0.717) is 0 Å². The summed E-state index contributed by atoms with van der Waals surface area (Å²) in [5.41, 5.74) is 2.84. The predicted molar refractivity (Wildman–Crippen MR) is 71.0 cm³/mol. The van der Waals surface area contributed by atoms with Crippen LogP contribution in [0.4, 0.5) is 0 Å². The normalized spacial score (nSPS) is 20.4. The summed E-state index contributed by atoms with van der Waals surface area (Å²) in [4.78, 5) is 7.03. The van der Waals surface area contributed by atoms with E-state index in [1.54, 1.807) is 0 Å². The molecule has 1 saturated heterocycles. The first-order valence-electron chi connectivity index (χ1n) is 6.51. The van der Waals surface area contributed by atoms with Crippen molar-refractivity contribution in [1.82, 2.24) is 15.2 Å². The summed E-state index contributed by atoms with van der Waals surface area (Å²) in [5.74, 6) is 0. The second-order valence-electron chi connectivity index (χ2n) is 5.48. The van der Waals surface area contributed by atoms with Crippen LogP contribution in [0.25, 0.3) is 0 Å². The van der Waals surface area contributed by atoms with E-state index in [1.165, 1.54) is 11.3 Å². The van der Waals surface area contributed by atoms with Gasteiger partial charge in [0.25, 0.3) is 0 Å². The number of nitrogens with one attached hydrogen (secondary N) is 1. The largest absolute Gasteiger partial charge is 0.309 e. The van der Waals surface area contributed by atoms with E-state index < -0.39 is 0 Å². The van der Waals surface area contributed by atoms with Gasteiger partial charge in [-0.05, 0) is 31.9 Å². The molecule has 0 radical (unpaired) electrons. The van der Waals surface area contributed by atoms with E-state index in [2.05, 4.69) is 42.0 Å². The first kappa shape index (κ1) is 12.5. The zero-order valence-electron chi connectivity index (χ0n) is 11.2. The second-order valence-corrected chi connectivity index (χ2v) is 5.48. The van der Waals surface area contributed by atoms with Crippen molar-refractivity contribution in [2.75, 3.05) is 19.6 Å². The van der Waals surface area contributed by atoms with Crippen LogP contribution in [0.1, 0.15) is 32.0 Å². The molecular weight excluding hydrogens is 210 g/mol. The molecule has 3 nitrogen and oxygen atoms in total. The maximum atomic E-state index is 4.53. The molecule has 0 aromatic carbocycles. The number of pyridine rings is 1. The van der Waals surface area contributed by atoms with E-state index in [4.69, 9.17) is 0 Å². The zero-order valence-corrected chi connectivity index (χ0v) is 11.2. The number of rotatable bonds is 3. The minimum atomic E-state index is 0.222. The van der Waals surface area contributed by atoms with Crippen LogP contribution >= 0.6 is 0 Å². The van der Waals surface area contributed by atoms with Crippen molar-refractivity contribution in [2.45, 2.75) is 39.3 Å². The lowest BCUT2D eigenvalue weighted by molar-refractivity contribution is 0.146. The molecule has 0 saturated carbocycles. The molecule has 1 aliphatic rings. The summed E-state index contributed by atoms with van der Waals surface area (Å²) in [7, 11) is 0. The van der Waals surface area contributed by atoms with E-state index in [9.17, 15) is 0 Å². The molecular formula is C14H23N3. The number of hydrogen-bond acceptors (Lipinski definition) is 3. The first-order chi connectivity index (χ1) is 8.11. The van der Waals surface area contributed by atoms with Crippen molar-refractivity contribution in [2.24, 2.45) is 0 Å². The van der Waals surface area contributed by atoms with E-state index in [0.717, 1.165) is 32.6 Å². The lowest BCUT2D eigenvalue weighted by atomic mass is 10.0. The van der Waals surface area contributed by atoms with Crippen LogP contribution in [0, 0.1) is 0 Å². The van der Waals surface area contributed by atoms with Gasteiger partial charge in [-0.25, -0.2) is 0 Å². The summed E-state index contributed by atoms with van der Waals surface area (Å²) in [6.45, 7) is 11.0. The number of aryl methyl sites for hydroxylation is 1. The molecule has 1 fully saturated rings. The molecule has 1 aliphatic heterocycles. The third kappa shape index (κ3) is 3.27. The van der Waals surface area contributed by atoms with Gasteiger partial charge in [0.1, 0.15) is 0 Å². The lowest BCUT2D eigenvalue weighted by Crippen LogP contribution is -2.56. The quantitative estimate of drug-likeness (QED) is 0.863. The van der Waals surface area contributed by atoms with Gasteiger partial charge in [0.05, 0.1) is 5.69 Å². The van der Waals surface area contributed by atoms with Gasteiger partial charge in [-0.3, -0.25) is 9.88 Å². The Kier molecular flexibility index (Phi) is 3.79. The van der Waals surface area contributed by atoms with Crippen molar-refractivity contribution in [3.63, 3.8) is 0 Å². The Hall–Kier alpha value is -0.930. The fraction of sp³-hybridized carbons (Fsp3) is 0.643. The van der Waals surface area contributed by atoms with E-state index in [-0.39, 0.29) is 5.54 Å². The van der Waals surface area contributed by atoms with Crippen molar-refractivity contribution in [3.8, 4) is 0 Å². The maximum absolute atomic E-state index is 4.53. The number of hydrogen-bond donors (Lipinski definition) is 1. The smallest absolute Gasteiger partial charge is 0.0575 e. The lowest BCUT2D eigenvalue weighted by Gasteiger charge is -2.39. The Bertz CT molecular complexity index is 373. The van der Waals surface area contributed by atoms with Gasteiger partial charge < -0.3 is 5.32 Å². The SMILES string of the molecule is CCc1cccnc1CN1CCNC(C)(C)C1.